The number of unbranched alkanes of at least 4 members (excludes halogenated alkanes) is 1. The lowest BCUT2D eigenvalue weighted by Crippen LogP contribution is -2.26. The highest BCUT2D eigenvalue weighted by molar-refractivity contribution is 9.11. The summed E-state index contributed by atoms with van der Waals surface area (Å²) in [6.45, 7) is 3.67. The topological polar surface area (TPSA) is 20.3 Å². The van der Waals surface area contributed by atoms with Gasteiger partial charge >= 0.3 is 0 Å². The molecule has 15 heavy (non-hydrogen) atoms. The maximum absolute atomic E-state index is 11.8. The Morgan fingerprint density at radius 2 is 2.27 bits per heavy atom. The summed E-state index contributed by atoms with van der Waals surface area (Å²) >= 11 is 4.86. The predicted molar refractivity (Wildman–Crippen MR) is 68.8 cm³/mol. The molecule has 0 N–H and O–H groups in total. The standard InChI is InChI=1S/C11H16BrNOS/c1-3-4-7-13(2)8-9(14)10-5-6-11(12)15-10/h5-6H,3-4,7-8H2,1-2H3. The highest BCUT2D eigenvalue weighted by Gasteiger charge is 2.10. The Labute approximate surface area is 103 Å². The number of carbonyl (C=O) groups excluding carboxylic acids is 1. The molecular formula is C11H16BrNOS. The monoisotopic (exact) mass is 289 g/mol. The van der Waals surface area contributed by atoms with E-state index in [1.807, 2.05) is 19.2 Å². The maximum atomic E-state index is 11.8. The van der Waals surface area contributed by atoms with Crippen LogP contribution in [0.3, 0.4) is 0 Å². The third-order valence-electron chi connectivity index (χ3n) is 2.15. The summed E-state index contributed by atoms with van der Waals surface area (Å²) in [4.78, 5) is 14.7. The molecule has 1 heterocycles. The van der Waals surface area contributed by atoms with Crippen LogP contribution in [0.4, 0.5) is 0 Å². The first-order chi connectivity index (χ1) is 7.13. The molecule has 0 aliphatic heterocycles. The van der Waals surface area contributed by atoms with Gasteiger partial charge in [0.15, 0.2) is 5.78 Å². The molecule has 0 aromatic carbocycles. The molecule has 0 aliphatic rings. The molecule has 1 aromatic rings. The molecule has 0 unspecified atom stereocenters. The van der Waals surface area contributed by atoms with E-state index < -0.39 is 0 Å². The van der Waals surface area contributed by atoms with Crippen molar-refractivity contribution >= 4 is 33.0 Å². The fraction of sp³-hybridized carbons (Fsp3) is 0.545. The Morgan fingerprint density at radius 3 is 2.80 bits per heavy atom. The van der Waals surface area contributed by atoms with Gasteiger partial charge in [-0.15, -0.1) is 11.3 Å². The maximum Gasteiger partial charge on any atom is 0.186 e. The van der Waals surface area contributed by atoms with Crippen molar-refractivity contribution in [1.29, 1.82) is 0 Å². The SMILES string of the molecule is CCCCN(C)CC(=O)c1ccc(Br)s1. The highest BCUT2D eigenvalue weighted by atomic mass is 79.9. The number of thiophene rings is 1. The zero-order valence-electron chi connectivity index (χ0n) is 9.12. The lowest BCUT2D eigenvalue weighted by atomic mass is 10.3. The highest BCUT2D eigenvalue weighted by Crippen LogP contribution is 2.22. The van der Waals surface area contributed by atoms with Crippen LogP contribution in [0.15, 0.2) is 15.9 Å². The second kappa shape index (κ2) is 6.40. The van der Waals surface area contributed by atoms with Gasteiger partial charge in [0.05, 0.1) is 15.2 Å². The molecule has 0 spiro atoms. The van der Waals surface area contributed by atoms with Gasteiger partial charge in [-0.2, -0.15) is 0 Å². The summed E-state index contributed by atoms with van der Waals surface area (Å²) in [6, 6.07) is 3.80. The van der Waals surface area contributed by atoms with E-state index >= 15 is 0 Å². The van der Waals surface area contributed by atoms with Gasteiger partial charge in [0.2, 0.25) is 0 Å². The number of nitrogens with zero attached hydrogens (tertiary/aromatic N) is 1. The molecule has 0 fully saturated rings. The number of rotatable bonds is 6. The molecule has 4 heteroatoms. The van der Waals surface area contributed by atoms with Crippen LogP contribution in [-0.4, -0.2) is 30.8 Å². The third kappa shape index (κ3) is 4.45. The molecule has 0 bridgehead atoms. The quantitative estimate of drug-likeness (QED) is 0.748. The van der Waals surface area contributed by atoms with E-state index in [1.165, 1.54) is 17.8 Å². The fourth-order valence-electron chi connectivity index (χ4n) is 1.29. The molecule has 0 amide bonds. The Morgan fingerprint density at radius 1 is 1.53 bits per heavy atom. The molecule has 84 valence electrons. The molecule has 0 aliphatic carbocycles. The van der Waals surface area contributed by atoms with E-state index in [-0.39, 0.29) is 5.78 Å². The van der Waals surface area contributed by atoms with Crippen LogP contribution in [0.1, 0.15) is 29.4 Å². The Hall–Kier alpha value is -0.190. The van der Waals surface area contributed by atoms with Crippen molar-refractivity contribution in [3.8, 4) is 0 Å². The van der Waals surface area contributed by atoms with Gasteiger partial charge in [-0.25, -0.2) is 0 Å². The molecule has 1 rings (SSSR count). The molecule has 2 nitrogen and oxygen atoms in total. The van der Waals surface area contributed by atoms with E-state index in [2.05, 4.69) is 27.8 Å². The van der Waals surface area contributed by atoms with Gasteiger partial charge in [0.1, 0.15) is 0 Å². The van der Waals surface area contributed by atoms with Crippen molar-refractivity contribution in [3.63, 3.8) is 0 Å². The first kappa shape index (κ1) is 12.9. The number of hydrogen-bond acceptors (Lipinski definition) is 3. The van der Waals surface area contributed by atoms with Crippen molar-refractivity contribution in [2.24, 2.45) is 0 Å². The normalized spacial score (nSPS) is 10.9. The molecule has 0 radical (unpaired) electrons. The van der Waals surface area contributed by atoms with E-state index in [0.29, 0.717) is 6.54 Å². The van der Waals surface area contributed by atoms with Crippen LogP contribution < -0.4 is 0 Å². The summed E-state index contributed by atoms with van der Waals surface area (Å²) in [6.07, 6.45) is 2.32. The Bertz CT molecular complexity index is 324. The Balaban J connectivity index is 2.42. The van der Waals surface area contributed by atoms with Gasteiger partial charge in [-0.05, 0) is 48.1 Å². The van der Waals surface area contributed by atoms with Crippen molar-refractivity contribution < 1.29 is 4.79 Å². The largest absolute Gasteiger partial charge is 0.299 e. The molecule has 1 aromatic heterocycles. The van der Waals surface area contributed by atoms with E-state index in [1.54, 1.807) is 0 Å². The lowest BCUT2D eigenvalue weighted by Gasteiger charge is -2.14. The van der Waals surface area contributed by atoms with E-state index in [4.69, 9.17) is 0 Å². The summed E-state index contributed by atoms with van der Waals surface area (Å²) in [5, 5.41) is 0. The fourth-order valence-corrected chi connectivity index (χ4v) is 2.61. The average Bonchev–Trinajstić information content (AvgIpc) is 2.61. The molecule has 0 saturated carbocycles. The van der Waals surface area contributed by atoms with Gasteiger partial charge in [-0.1, -0.05) is 13.3 Å². The number of ketones is 1. The number of Topliss-reactive ketones (excluding diaryl/α,β-unsaturated/α-hetero) is 1. The minimum atomic E-state index is 0.212. The smallest absolute Gasteiger partial charge is 0.186 e. The van der Waals surface area contributed by atoms with Crippen LogP contribution in [0.25, 0.3) is 0 Å². The Kier molecular flexibility index (Phi) is 5.50. The van der Waals surface area contributed by atoms with Crippen molar-refractivity contribution in [3.05, 3.63) is 20.8 Å². The van der Waals surface area contributed by atoms with Gasteiger partial charge in [-0.3, -0.25) is 9.69 Å². The zero-order chi connectivity index (χ0) is 11.3. The number of hydrogen-bond donors (Lipinski definition) is 0. The first-order valence-corrected chi connectivity index (χ1v) is 6.71. The zero-order valence-corrected chi connectivity index (χ0v) is 11.5. The number of carbonyl (C=O) groups is 1. The van der Waals surface area contributed by atoms with Crippen LogP contribution in [0, 0.1) is 0 Å². The van der Waals surface area contributed by atoms with Crippen LogP contribution >= 0.6 is 27.3 Å². The first-order valence-electron chi connectivity index (χ1n) is 5.10. The van der Waals surface area contributed by atoms with Crippen LogP contribution in [-0.2, 0) is 0 Å². The average molecular weight is 290 g/mol. The predicted octanol–water partition coefficient (Wildman–Crippen LogP) is 3.43. The minimum absolute atomic E-state index is 0.212. The third-order valence-corrected chi connectivity index (χ3v) is 3.82. The lowest BCUT2D eigenvalue weighted by molar-refractivity contribution is 0.0949. The van der Waals surface area contributed by atoms with Crippen LogP contribution in [0.2, 0.25) is 0 Å². The molecule has 0 atom stereocenters. The molecular weight excluding hydrogens is 274 g/mol. The number of halogens is 1. The summed E-state index contributed by atoms with van der Waals surface area (Å²) in [5.41, 5.74) is 0. The second-order valence-electron chi connectivity index (χ2n) is 3.62. The minimum Gasteiger partial charge on any atom is -0.299 e. The van der Waals surface area contributed by atoms with E-state index in [9.17, 15) is 4.79 Å². The summed E-state index contributed by atoms with van der Waals surface area (Å²) < 4.78 is 1.02. The van der Waals surface area contributed by atoms with Crippen molar-refractivity contribution in [1.82, 2.24) is 4.90 Å². The van der Waals surface area contributed by atoms with Crippen molar-refractivity contribution in [2.45, 2.75) is 19.8 Å². The second-order valence-corrected chi connectivity index (χ2v) is 6.08. The van der Waals surface area contributed by atoms with Gasteiger partial charge in [0.25, 0.3) is 0 Å². The molecule has 0 saturated heterocycles. The summed E-state index contributed by atoms with van der Waals surface area (Å²) in [7, 11) is 2.00. The van der Waals surface area contributed by atoms with Crippen molar-refractivity contribution in [2.75, 3.05) is 20.1 Å². The van der Waals surface area contributed by atoms with Gasteiger partial charge < -0.3 is 0 Å². The number of likely N-dealkylation sites (N-methyl/N-ethyl adjacent to an activating group) is 1. The van der Waals surface area contributed by atoms with Gasteiger partial charge in [0, 0.05) is 0 Å². The van der Waals surface area contributed by atoms with E-state index in [0.717, 1.165) is 21.6 Å². The summed E-state index contributed by atoms with van der Waals surface area (Å²) in [5.74, 6) is 0.212. The van der Waals surface area contributed by atoms with Crippen LogP contribution in [0.5, 0.6) is 0 Å².